The molecule has 0 radical (unpaired) electrons. The van der Waals surface area contributed by atoms with E-state index in [2.05, 4.69) is 15.9 Å². The lowest BCUT2D eigenvalue weighted by Crippen LogP contribution is -2.26. The van der Waals surface area contributed by atoms with Gasteiger partial charge in [-0.2, -0.15) is 0 Å². The number of hydrogen-bond acceptors (Lipinski definition) is 2. The summed E-state index contributed by atoms with van der Waals surface area (Å²) in [4.78, 5) is 1.97. The van der Waals surface area contributed by atoms with Gasteiger partial charge in [0.1, 0.15) is 6.17 Å². The van der Waals surface area contributed by atoms with Gasteiger partial charge >= 0.3 is 0 Å². The zero-order chi connectivity index (χ0) is 11.5. The van der Waals surface area contributed by atoms with E-state index in [1.165, 1.54) is 0 Å². The van der Waals surface area contributed by atoms with Gasteiger partial charge in [0.25, 0.3) is 0 Å². The second-order valence-electron chi connectivity index (χ2n) is 4.22. The molecule has 1 heterocycles. The number of aliphatic hydroxyl groups is 1. The molecule has 1 aromatic carbocycles. The van der Waals surface area contributed by atoms with Gasteiger partial charge in [0.2, 0.25) is 0 Å². The minimum Gasteiger partial charge on any atom is -0.387 e. The summed E-state index contributed by atoms with van der Waals surface area (Å²) >= 11 is 3.37. The van der Waals surface area contributed by atoms with Crippen LogP contribution in [0.5, 0.6) is 0 Å². The first-order chi connectivity index (χ1) is 7.65. The summed E-state index contributed by atoms with van der Waals surface area (Å²) in [6.07, 6.45) is -0.678. The normalized spacial score (nSPS) is 23.6. The van der Waals surface area contributed by atoms with E-state index in [1.807, 2.05) is 29.2 Å². The fourth-order valence-electron chi connectivity index (χ4n) is 2.02. The molecule has 2 atom stereocenters. The lowest BCUT2D eigenvalue weighted by molar-refractivity contribution is 0.122. The largest absolute Gasteiger partial charge is 0.387 e. The number of likely N-dealkylation sites (tertiary alicyclic amines) is 1. The first kappa shape index (κ1) is 12.0. The Balaban J connectivity index is 1.95. The molecule has 1 aromatic rings. The molecule has 1 saturated heterocycles. The van der Waals surface area contributed by atoms with Crippen LogP contribution in [0.15, 0.2) is 28.7 Å². The number of halogens is 2. The standard InChI is InChI=1S/C12H15BrFNO/c13-10-3-1-2-9(6-10)12(16)8-15-5-4-11(14)7-15/h1-3,6,11-12,16H,4-5,7-8H2/t11-,12+/m0/s1. The van der Waals surface area contributed by atoms with E-state index in [4.69, 9.17) is 0 Å². The maximum absolute atomic E-state index is 13.0. The number of aliphatic hydroxyl groups excluding tert-OH is 1. The molecule has 1 aliphatic heterocycles. The molecule has 0 unspecified atom stereocenters. The van der Waals surface area contributed by atoms with Crippen LogP contribution in [-0.4, -0.2) is 35.8 Å². The highest BCUT2D eigenvalue weighted by atomic mass is 79.9. The number of rotatable bonds is 3. The van der Waals surface area contributed by atoms with Crippen molar-refractivity contribution in [2.75, 3.05) is 19.6 Å². The lowest BCUT2D eigenvalue weighted by Gasteiger charge is -2.19. The van der Waals surface area contributed by atoms with Crippen molar-refractivity contribution < 1.29 is 9.50 Å². The highest BCUT2D eigenvalue weighted by molar-refractivity contribution is 9.10. The summed E-state index contributed by atoms with van der Waals surface area (Å²) in [5.41, 5.74) is 0.872. The van der Waals surface area contributed by atoms with Crippen molar-refractivity contribution in [1.29, 1.82) is 0 Å². The third-order valence-corrected chi connectivity index (χ3v) is 3.37. The van der Waals surface area contributed by atoms with Crippen LogP contribution in [0.2, 0.25) is 0 Å². The monoisotopic (exact) mass is 287 g/mol. The quantitative estimate of drug-likeness (QED) is 0.924. The molecule has 2 rings (SSSR count). The molecule has 0 aromatic heterocycles. The Kier molecular flexibility index (Phi) is 3.95. The van der Waals surface area contributed by atoms with Crippen LogP contribution in [-0.2, 0) is 0 Å². The number of hydrogen-bond donors (Lipinski definition) is 1. The SMILES string of the molecule is O[C@H](CN1CC[C@H](F)C1)c1cccc(Br)c1. The Bertz CT molecular complexity index is 361. The van der Waals surface area contributed by atoms with Crippen LogP contribution in [0.1, 0.15) is 18.1 Å². The molecule has 0 bridgehead atoms. The maximum Gasteiger partial charge on any atom is 0.114 e. The van der Waals surface area contributed by atoms with Gasteiger partial charge in [-0.05, 0) is 24.1 Å². The smallest absolute Gasteiger partial charge is 0.114 e. The molecule has 0 spiro atoms. The van der Waals surface area contributed by atoms with Crippen molar-refractivity contribution in [3.63, 3.8) is 0 Å². The number of benzene rings is 1. The van der Waals surface area contributed by atoms with Crippen molar-refractivity contribution >= 4 is 15.9 Å². The fourth-order valence-corrected chi connectivity index (χ4v) is 2.43. The molecule has 16 heavy (non-hydrogen) atoms. The maximum atomic E-state index is 13.0. The number of nitrogens with zero attached hydrogens (tertiary/aromatic N) is 1. The topological polar surface area (TPSA) is 23.5 Å². The minimum atomic E-state index is -0.727. The van der Waals surface area contributed by atoms with Crippen molar-refractivity contribution in [2.24, 2.45) is 0 Å². The molecule has 88 valence electrons. The van der Waals surface area contributed by atoms with E-state index in [1.54, 1.807) is 0 Å². The van der Waals surface area contributed by atoms with Gasteiger partial charge in [-0.3, -0.25) is 4.90 Å². The second-order valence-corrected chi connectivity index (χ2v) is 5.13. The van der Waals surface area contributed by atoms with E-state index in [0.29, 0.717) is 19.5 Å². The van der Waals surface area contributed by atoms with E-state index in [-0.39, 0.29) is 0 Å². The third-order valence-electron chi connectivity index (χ3n) is 2.88. The van der Waals surface area contributed by atoms with Gasteiger partial charge in [-0.25, -0.2) is 4.39 Å². The number of β-amino-alcohol motifs (C(OH)–C–C–N with tert-alkyl or cyclic N) is 1. The van der Waals surface area contributed by atoms with Gasteiger partial charge in [-0.15, -0.1) is 0 Å². The minimum absolute atomic E-state index is 0.449. The average Bonchev–Trinajstić information content (AvgIpc) is 2.64. The summed E-state index contributed by atoms with van der Waals surface area (Å²) in [6.45, 7) is 1.70. The average molecular weight is 288 g/mol. The first-order valence-electron chi connectivity index (χ1n) is 5.45. The molecule has 0 amide bonds. The summed E-state index contributed by atoms with van der Waals surface area (Å²) in [5, 5.41) is 10.0. The number of alkyl halides is 1. The lowest BCUT2D eigenvalue weighted by atomic mass is 10.1. The van der Waals surface area contributed by atoms with Crippen molar-refractivity contribution in [3.8, 4) is 0 Å². The summed E-state index contributed by atoms with van der Waals surface area (Å²) < 4.78 is 13.9. The first-order valence-corrected chi connectivity index (χ1v) is 6.24. The Hall–Kier alpha value is -0.450. The van der Waals surface area contributed by atoms with Crippen molar-refractivity contribution in [1.82, 2.24) is 4.90 Å². The molecule has 2 nitrogen and oxygen atoms in total. The van der Waals surface area contributed by atoms with Gasteiger partial charge < -0.3 is 5.11 Å². The zero-order valence-corrected chi connectivity index (χ0v) is 10.5. The predicted molar refractivity (Wildman–Crippen MR) is 65.1 cm³/mol. The molecule has 0 saturated carbocycles. The predicted octanol–water partition coefficient (Wildman–Crippen LogP) is 2.53. The Morgan fingerprint density at radius 3 is 3.00 bits per heavy atom. The van der Waals surface area contributed by atoms with Gasteiger partial charge in [0.05, 0.1) is 6.10 Å². The van der Waals surface area contributed by atoms with Crippen LogP contribution >= 0.6 is 15.9 Å². The molecular weight excluding hydrogens is 273 g/mol. The fraction of sp³-hybridized carbons (Fsp3) is 0.500. The van der Waals surface area contributed by atoms with Crippen LogP contribution in [0.25, 0.3) is 0 Å². The van der Waals surface area contributed by atoms with Crippen LogP contribution in [0, 0.1) is 0 Å². The summed E-state index contributed by atoms with van der Waals surface area (Å²) in [5.74, 6) is 0. The summed E-state index contributed by atoms with van der Waals surface area (Å²) in [6, 6.07) is 7.60. The Morgan fingerprint density at radius 2 is 2.38 bits per heavy atom. The van der Waals surface area contributed by atoms with Crippen LogP contribution in [0.3, 0.4) is 0 Å². The van der Waals surface area contributed by atoms with E-state index >= 15 is 0 Å². The van der Waals surface area contributed by atoms with Crippen molar-refractivity contribution in [2.45, 2.75) is 18.7 Å². The summed E-state index contributed by atoms with van der Waals surface area (Å²) in [7, 11) is 0. The Morgan fingerprint density at radius 1 is 1.56 bits per heavy atom. The van der Waals surface area contributed by atoms with Crippen molar-refractivity contribution in [3.05, 3.63) is 34.3 Å². The van der Waals surface area contributed by atoms with E-state index in [0.717, 1.165) is 16.6 Å². The molecular formula is C12H15BrFNO. The Labute approximate surface area is 103 Å². The zero-order valence-electron chi connectivity index (χ0n) is 8.94. The second kappa shape index (κ2) is 5.25. The third kappa shape index (κ3) is 3.03. The van der Waals surface area contributed by atoms with E-state index < -0.39 is 12.3 Å². The van der Waals surface area contributed by atoms with Gasteiger partial charge in [-0.1, -0.05) is 28.1 Å². The molecule has 0 aliphatic carbocycles. The molecule has 1 fully saturated rings. The van der Waals surface area contributed by atoms with E-state index in [9.17, 15) is 9.50 Å². The van der Waals surface area contributed by atoms with Crippen LogP contribution in [0.4, 0.5) is 4.39 Å². The molecule has 1 aliphatic rings. The molecule has 4 heteroatoms. The molecule has 1 N–H and O–H groups in total. The highest BCUT2D eigenvalue weighted by Gasteiger charge is 2.23. The van der Waals surface area contributed by atoms with Crippen LogP contribution < -0.4 is 0 Å². The highest BCUT2D eigenvalue weighted by Crippen LogP contribution is 2.21. The van der Waals surface area contributed by atoms with Gasteiger partial charge in [0, 0.05) is 24.1 Å². The van der Waals surface area contributed by atoms with Gasteiger partial charge in [0.15, 0.2) is 0 Å².